The molecule has 0 aliphatic carbocycles. The molecule has 0 saturated carbocycles. The fraction of sp³-hybridized carbons (Fsp3) is 0.375. The van der Waals surface area contributed by atoms with Crippen LogP contribution >= 0.6 is 0 Å². The summed E-state index contributed by atoms with van der Waals surface area (Å²) in [5.74, 6) is -1.03. The first-order valence-corrected chi connectivity index (χ1v) is 9.77. The third-order valence-corrected chi connectivity index (χ3v) is 4.56. The molecule has 2 rings (SSSR count). The Hall–Kier alpha value is -2.43. The van der Waals surface area contributed by atoms with Crippen molar-refractivity contribution in [1.82, 2.24) is 0 Å². The Morgan fingerprint density at radius 2 is 1.86 bits per heavy atom. The zero-order valence-electron chi connectivity index (χ0n) is 16.9. The monoisotopic (exact) mass is 400 g/mol. The first-order chi connectivity index (χ1) is 13.9. The summed E-state index contributed by atoms with van der Waals surface area (Å²) in [7, 11) is 0. The normalized spacial score (nSPS) is 13.0. The lowest BCUT2D eigenvalue weighted by molar-refractivity contribution is 0.0280. The van der Waals surface area contributed by atoms with E-state index < -0.39 is 23.8 Å². The van der Waals surface area contributed by atoms with Crippen molar-refractivity contribution in [3.8, 4) is 5.75 Å². The number of aliphatic hydroxyl groups is 2. The van der Waals surface area contributed by atoms with Crippen LogP contribution in [-0.4, -0.2) is 28.0 Å². The Kier molecular flexibility index (Phi) is 9.10. The molecule has 3 N–H and O–H groups in total. The Bertz CT molecular complexity index is 826. The third-order valence-electron chi connectivity index (χ3n) is 4.56. The minimum atomic E-state index is -0.898. The number of ether oxygens (including phenoxy) is 1. The standard InChI is InChI=1S/C24H29FO4/c1-17(2)19(13-21(26)16-29-15-18-7-4-3-5-8-18)9-6-10-23(27)20-11-12-24(28)22(25)14-20/h3-8,11-12,14,17,21,23,26-28H,10,13,15-16H2,1-2H3/t9?,21-,23-/m1/s1. The highest BCUT2D eigenvalue weighted by Crippen LogP contribution is 2.23. The van der Waals surface area contributed by atoms with Crippen molar-refractivity contribution in [2.24, 2.45) is 5.92 Å². The van der Waals surface area contributed by atoms with Crippen LogP contribution in [0.2, 0.25) is 0 Å². The average molecular weight is 400 g/mol. The number of benzene rings is 2. The number of aliphatic hydroxyl groups excluding tert-OH is 2. The number of aromatic hydroxyl groups is 1. The predicted molar refractivity (Wildman–Crippen MR) is 111 cm³/mol. The summed E-state index contributed by atoms with van der Waals surface area (Å²) in [6.07, 6.45) is 0.828. The Morgan fingerprint density at radius 3 is 2.52 bits per heavy atom. The molecule has 5 heteroatoms. The topological polar surface area (TPSA) is 69.9 Å². The molecule has 0 saturated heterocycles. The molecule has 29 heavy (non-hydrogen) atoms. The van der Waals surface area contributed by atoms with Gasteiger partial charge in [-0.25, -0.2) is 4.39 Å². The van der Waals surface area contributed by atoms with Crippen LogP contribution in [0.3, 0.4) is 0 Å². The van der Waals surface area contributed by atoms with Crippen molar-refractivity contribution in [2.75, 3.05) is 6.61 Å². The van der Waals surface area contributed by atoms with E-state index in [9.17, 15) is 19.7 Å². The first kappa shape index (κ1) is 22.9. The fourth-order valence-corrected chi connectivity index (χ4v) is 2.83. The number of phenols is 1. The summed E-state index contributed by atoms with van der Waals surface area (Å²) in [5.41, 5.74) is 5.52. The van der Waals surface area contributed by atoms with E-state index in [0.717, 1.165) is 17.2 Å². The second-order valence-electron chi connectivity index (χ2n) is 7.35. The molecule has 156 valence electrons. The quantitative estimate of drug-likeness (QED) is 0.507. The van der Waals surface area contributed by atoms with Gasteiger partial charge in [0.1, 0.15) is 0 Å². The Labute approximate surface area is 171 Å². The molecule has 0 bridgehead atoms. The van der Waals surface area contributed by atoms with Crippen molar-refractivity contribution < 1.29 is 24.4 Å². The molecule has 4 nitrogen and oxygen atoms in total. The van der Waals surface area contributed by atoms with Gasteiger partial charge in [-0.1, -0.05) is 50.2 Å². The summed E-state index contributed by atoms with van der Waals surface area (Å²) >= 11 is 0. The zero-order valence-corrected chi connectivity index (χ0v) is 16.9. The highest BCUT2D eigenvalue weighted by atomic mass is 19.1. The molecule has 0 amide bonds. The molecule has 2 aromatic carbocycles. The summed E-state index contributed by atoms with van der Waals surface area (Å²) < 4.78 is 19.0. The molecule has 0 spiro atoms. The largest absolute Gasteiger partial charge is 0.505 e. The Balaban J connectivity index is 1.89. The van der Waals surface area contributed by atoms with E-state index in [1.165, 1.54) is 12.1 Å². The molecule has 2 atom stereocenters. The second kappa shape index (κ2) is 11.5. The molecule has 0 unspecified atom stereocenters. The molecule has 0 aliphatic rings. The lowest BCUT2D eigenvalue weighted by Crippen LogP contribution is -2.17. The van der Waals surface area contributed by atoms with Gasteiger partial charge in [-0.3, -0.25) is 0 Å². The van der Waals surface area contributed by atoms with Gasteiger partial charge in [-0.15, -0.1) is 5.73 Å². The number of phenolic OH excluding ortho intramolecular Hbond substituents is 1. The lowest BCUT2D eigenvalue weighted by Gasteiger charge is -2.15. The van der Waals surface area contributed by atoms with Crippen LogP contribution < -0.4 is 0 Å². The smallest absolute Gasteiger partial charge is 0.165 e. The summed E-state index contributed by atoms with van der Waals surface area (Å²) in [6, 6.07) is 13.6. The van der Waals surface area contributed by atoms with Crippen LogP contribution in [0.1, 0.15) is 43.9 Å². The fourth-order valence-electron chi connectivity index (χ4n) is 2.83. The van der Waals surface area contributed by atoms with E-state index in [4.69, 9.17) is 4.74 Å². The number of hydrogen-bond donors (Lipinski definition) is 3. The molecular weight excluding hydrogens is 371 g/mol. The van der Waals surface area contributed by atoms with Crippen molar-refractivity contribution in [3.05, 3.63) is 82.9 Å². The SMILES string of the molecule is CC(C)C(=C=CC[C@@H](O)c1ccc(O)c(F)c1)C[C@@H](O)COCc1ccccc1. The molecule has 0 heterocycles. The Morgan fingerprint density at radius 1 is 1.14 bits per heavy atom. The van der Waals surface area contributed by atoms with Crippen LogP contribution in [0.5, 0.6) is 5.75 Å². The predicted octanol–water partition coefficient (Wildman–Crippen LogP) is 4.66. The van der Waals surface area contributed by atoms with E-state index in [1.54, 1.807) is 6.08 Å². The van der Waals surface area contributed by atoms with Crippen LogP contribution in [0.15, 0.2) is 65.9 Å². The first-order valence-electron chi connectivity index (χ1n) is 9.77. The van der Waals surface area contributed by atoms with Gasteiger partial charge in [0.25, 0.3) is 0 Å². The minimum Gasteiger partial charge on any atom is -0.505 e. The van der Waals surface area contributed by atoms with Gasteiger partial charge in [0, 0.05) is 12.8 Å². The second-order valence-corrected chi connectivity index (χ2v) is 7.35. The van der Waals surface area contributed by atoms with Gasteiger partial charge in [-0.05, 0) is 40.8 Å². The maximum atomic E-state index is 13.4. The van der Waals surface area contributed by atoms with Gasteiger partial charge in [0.15, 0.2) is 11.6 Å². The maximum absolute atomic E-state index is 13.4. The highest BCUT2D eigenvalue weighted by molar-refractivity contribution is 5.29. The van der Waals surface area contributed by atoms with Crippen LogP contribution in [0.25, 0.3) is 0 Å². The van der Waals surface area contributed by atoms with Gasteiger partial charge in [0.2, 0.25) is 0 Å². The highest BCUT2D eigenvalue weighted by Gasteiger charge is 2.12. The van der Waals surface area contributed by atoms with Crippen molar-refractivity contribution in [1.29, 1.82) is 0 Å². The van der Waals surface area contributed by atoms with Crippen LogP contribution in [0.4, 0.5) is 4.39 Å². The van der Waals surface area contributed by atoms with Gasteiger partial charge < -0.3 is 20.1 Å². The van der Waals surface area contributed by atoms with Crippen molar-refractivity contribution in [2.45, 2.75) is 45.5 Å². The van der Waals surface area contributed by atoms with Gasteiger partial charge in [0.05, 0.1) is 25.4 Å². The zero-order chi connectivity index (χ0) is 21.2. The summed E-state index contributed by atoms with van der Waals surface area (Å²) in [6.45, 7) is 4.70. The molecule has 2 aromatic rings. The minimum absolute atomic E-state index is 0.179. The van der Waals surface area contributed by atoms with E-state index >= 15 is 0 Å². The molecule has 0 aliphatic heterocycles. The average Bonchev–Trinajstić information content (AvgIpc) is 2.69. The van der Waals surface area contributed by atoms with E-state index in [2.05, 4.69) is 5.73 Å². The van der Waals surface area contributed by atoms with Crippen LogP contribution in [-0.2, 0) is 11.3 Å². The molecule has 0 radical (unpaired) electrons. The van der Waals surface area contributed by atoms with Gasteiger partial charge >= 0.3 is 0 Å². The van der Waals surface area contributed by atoms with Crippen molar-refractivity contribution >= 4 is 0 Å². The summed E-state index contributed by atoms with van der Waals surface area (Å²) in [5, 5.41) is 29.7. The van der Waals surface area contributed by atoms with E-state index in [0.29, 0.717) is 18.6 Å². The van der Waals surface area contributed by atoms with Gasteiger partial charge in [-0.2, -0.15) is 0 Å². The maximum Gasteiger partial charge on any atom is 0.165 e. The molecule has 0 aromatic heterocycles. The van der Waals surface area contributed by atoms with E-state index in [1.807, 2.05) is 44.2 Å². The number of hydrogen-bond acceptors (Lipinski definition) is 4. The van der Waals surface area contributed by atoms with E-state index in [-0.39, 0.29) is 18.9 Å². The summed E-state index contributed by atoms with van der Waals surface area (Å²) in [4.78, 5) is 0. The van der Waals surface area contributed by atoms with Crippen molar-refractivity contribution in [3.63, 3.8) is 0 Å². The molecular formula is C24H29FO4. The number of halogens is 1. The number of rotatable bonds is 10. The third kappa shape index (κ3) is 7.84. The molecule has 0 fully saturated rings. The van der Waals surface area contributed by atoms with Crippen LogP contribution in [0, 0.1) is 11.7 Å². The lowest BCUT2D eigenvalue weighted by atomic mass is 9.97.